The van der Waals surface area contributed by atoms with Crippen molar-refractivity contribution in [2.24, 2.45) is 11.8 Å². The highest BCUT2D eigenvalue weighted by Crippen LogP contribution is 2.15. The number of hydrogen-bond donors (Lipinski definition) is 0. The smallest absolute Gasteiger partial charge is 0.306 e. The number of unbranched alkanes of at least 4 members (excludes halogenated alkanes) is 19. The van der Waals surface area contributed by atoms with Crippen LogP contribution in [0.4, 0.5) is 0 Å². The highest BCUT2D eigenvalue weighted by atomic mass is 16.6. The molecule has 6 heteroatoms. The summed E-state index contributed by atoms with van der Waals surface area (Å²) in [4.78, 5) is 37.3. The first-order valence-electron chi connectivity index (χ1n) is 19.7. The van der Waals surface area contributed by atoms with Gasteiger partial charge in [0.25, 0.3) is 0 Å². The van der Waals surface area contributed by atoms with Crippen molar-refractivity contribution >= 4 is 17.9 Å². The Bertz CT molecular complexity index is 704. The summed E-state index contributed by atoms with van der Waals surface area (Å²) in [5, 5.41) is 0. The molecule has 0 fully saturated rings. The van der Waals surface area contributed by atoms with E-state index in [0.29, 0.717) is 19.3 Å². The minimum Gasteiger partial charge on any atom is -0.462 e. The Morgan fingerprint density at radius 3 is 1.07 bits per heavy atom. The molecule has 0 unspecified atom stereocenters. The van der Waals surface area contributed by atoms with E-state index in [1.165, 1.54) is 96.3 Å². The van der Waals surface area contributed by atoms with Crippen molar-refractivity contribution in [1.29, 1.82) is 0 Å². The Morgan fingerprint density at radius 1 is 0.413 bits per heavy atom. The van der Waals surface area contributed by atoms with Gasteiger partial charge in [0.05, 0.1) is 0 Å². The molecule has 0 heterocycles. The lowest BCUT2D eigenvalue weighted by Crippen LogP contribution is -2.30. The van der Waals surface area contributed by atoms with Crippen LogP contribution in [0.2, 0.25) is 0 Å². The summed E-state index contributed by atoms with van der Waals surface area (Å²) < 4.78 is 16.6. The number of esters is 3. The topological polar surface area (TPSA) is 78.9 Å². The van der Waals surface area contributed by atoms with Crippen LogP contribution in [-0.2, 0) is 28.6 Å². The quantitative estimate of drug-likeness (QED) is 0.0391. The van der Waals surface area contributed by atoms with Crippen LogP contribution in [0.15, 0.2) is 0 Å². The third kappa shape index (κ3) is 33.8. The maximum Gasteiger partial charge on any atom is 0.306 e. The average molecular weight is 653 g/mol. The lowest BCUT2D eigenvalue weighted by Gasteiger charge is -2.18. The predicted molar refractivity (Wildman–Crippen MR) is 192 cm³/mol. The van der Waals surface area contributed by atoms with Crippen molar-refractivity contribution in [3.63, 3.8) is 0 Å². The van der Waals surface area contributed by atoms with E-state index >= 15 is 0 Å². The number of hydrogen-bond acceptors (Lipinski definition) is 6. The summed E-state index contributed by atoms with van der Waals surface area (Å²) in [5.74, 6) is 0.702. The number of rotatable bonds is 34. The van der Waals surface area contributed by atoms with E-state index in [2.05, 4.69) is 34.6 Å². The summed E-state index contributed by atoms with van der Waals surface area (Å²) in [6, 6.07) is 0. The first-order chi connectivity index (χ1) is 22.2. The molecule has 0 aromatic rings. The van der Waals surface area contributed by atoms with Gasteiger partial charge in [-0.05, 0) is 31.1 Å². The summed E-state index contributed by atoms with van der Waals surface area (Å²) in [6.07, 6.45) is 28.3. The lowest BCUT2D eigenvalue weighted by molar-refractivity contribution is -0.167. The van der Waals surface area contributed by atoms with Gasteiger partial charge in [-0.15, -0.1) is 0 Å². The molecule has 0 radical (unpaired) electrons. The molecule has 0 bridgehead atoms. The van der Waals surface area contributed by atoms with Crippen LogP contribution in [0.1, 0.15) is 208 Å². The van der Waals surface area contributed by atoms with Gasteiger partial charge in [0.15, 0.2) is 6.10 Å². The summed E-state index contributed by atoms with van der Waals surface area (Å²) in [7, 11) is 0. The summed E-state index contributed by atoms with van der Waals surface area (Å²) in [6.45, 7) is 11.2. The molecule has 0 aliphatic heterocycles. The van der Waals surface area contributed by atoms with E-state index in [-0.39, 0.29) is 31.1 Å². The Morgan fingerprint density at radius 2 is 0.717 bits per heavy atom. The number of ether oxygens (including phenoxy) is 3. The van der Waals surface area contributed by atoms with Gasteiger partial charge in [0.1, 0.15) is 13.2 Å². The molecule has 0 amide bonds. The first-order valence-corrected chi connectivity index (χ1v) is 19.7. The van der Waals surface area contributed by atoms with Gasteiger partial charge in [-0.25, -0.2) is 0 Å². The first kappa shape index (κ1) is 44.4. The monoisotopic (exact) mass is 653 g/mol. The van der Waals surface area contributed by atoms with E-state index in [9.17, 15) is 14.4 Å². The van der Waals surface area contributed by atoms with Crippen molar-refractivity contribution in [2.45, 2.75) is 214 Å². The fraction of sp³-hybridized carbons (Fsp3) is 0.925. The summed E-state index contributed by atoms with van der Waals surface area (Å²) in [5.41, 5.74) is 0. The van der Waals surface area contributed by atoms with Gasteiger partial charge >= 0.3 is 17.9 Å². The van der Waals surface area contributed by atoms with Crippen LogP contribution in [0, 0.1) is 11.8 Å². The molecule has 0 aliphatic carbocycles. The number of carbonyl (C=O) groups is 3. The minimum atomic E-state index is -0.758. The molecule has 0 aliphatic rings. The molecule has 0 N–H and O–H groups in total. The van der Waals surface area contributed by atoms with Crippen molar-refractivity contribution in [1.82, 2.24) is 0 Å². The van der Waals surface area contributed by atoms with Crippen molar-refractivity contribution < 1.29 is 28.6 Å². The van der Waals surface area contributed by atoms with Crippen LogP contribution in [-0.4, -0.2) is 37.2 Å². The van der Waals surface area contributed by atoms with Crippen LogP contribution >= 0.6 is 0 Å². The Balaban J connectivity index is 4.32. The lowest BCUT2D eigenvalue weighted by atomic mass is 10.0. The molecule has 46 heavy (non-hydrogen) atoms. The average Bonchev–Trinajstić information content (AvgIpc) is 3.01. The fourth-order valence-corrected chi connectivity index (χ4v) is 5.69. The van der Waals surface area contributed by atoms with Crippen molar-refractivity contribution in [2.75, 3.05) is 13.2 Å². The zero-order valence-electron chi connectivity index (χ0n) is 31.2. The second-order valence-corrected chi connectivity index (χ2v) is 14.5. The second-order valence-electron chi connectivity index (χ2n) is 14.5. The van der Waals surface area contributed by atoms with Crippen LogP contribution < -0.4 is 0 Å². The molecule has 0 aromatic carbocycles. The number of carbonyl (C=O) groups excluding carboxylic acids is 3. The van der Waals surface area contributed by atoms with Crippen LogP contribution in [0.25, 0.3) is 0 Å². The van der Waals surface area contributed by atoms with Crippen molar-refractivity contribution in [3.05, 3.63) is 0 Å². The van der Waals surface area contributed by atoms with E-state index < -0.39 is 6.10 Å². The van der Waals surface area contributed by atoms with Gasteiger partial charge in [-0.3, -0.25) is 14.4 Å². The highest BCUT2D eigenvalue weighted by molar-refractivity contribution is 5.71. The molecule has 0 saturated carbocycles. The standard InChI is InChI=1S/C40H76O6/c1-6-7-8-9-13-22-27-32-40(43)46-37(34-45-39(42)31-26-21-17-12-15-19-24-29-36(4)5)33-44-38(41)30-25-20-16-11-10-14-18-23-28-35(2)3/h35-37H,6-34H2,1-5H3/t37-/m0/s1. The van der Waals surface area contributed by atoms with E-state index in [0.717, 1.165) is 69.6 Å². The van der Waals surface area contributed by atoms with E-state index in [4.69, 9.17) is 14.2 Å². The van der Waals surface area contributed by atoms with Gasteiger partial charge in [-0.2, -0.15) is 0 Å². The predicted octanol–water partition coefficient (Wildman–Crippen LogP) is 11.8. The maximum atomic E-state index is 12.5. The Kier molecular flexibility index (Phi) is 32.2. The van der Waals surface area contributed by atoms with Gasteiger partial charge < -0.3 is 14.2 Å². The van der Waals surface area contributed by atoms with Gasteiger partial charge in [0.2, 0.25) is 0 Å². The van der Waals surface area contributed by atoms with Crippen LogP contribution in [0.3, 0.4) is 0 Å². The SMILES string of the molecule is CCCCCCCCCC(=O)O[C@@H](COC(=O)CCCCCCCCCCC(C)C)COC(=O)CCCCCCCCCC(C)C. The largest absolute Gasteiger partial charge is 0.462 e. The van der Waals surface area contributed by atoms with Gasteiger partial charge in [-0.1, -0.05) is 169 Å². The van der Waals surface area contributed by atoms with Crippen molar-refractivity contribution in [3.8, 4) is 0 Å². The third-order valence-corrected chi connectivity index (χ3v) is 8.72. The molecule has 1 atom stereocenters. The van der Waals surface area contributed by atoms with Gasteiger partial charge in [0, 0.05) is 19.3 Å². The van der Waals surface area contributed by atoms with Crippen LogP contribution in [0.5, 0.6) is 0 Å². The Labute approximate surface area is 285 Å². The third-order valence-electron chi connectivity index (χ3n) is 8.72. The molecule has 272 valence electrons. The molecule has 0 spiro atoms. The molecule has 6 nitrogen and oxygen atoms in total. The van der Waals surface area contributed by atoms with E-state index in [1.807, 2.05) is 0 Å². The fourth-order valence-electron chi connectivity index (χ4n) is 5.69. The van der Waals surface area contributed by atoms with E-state index in [1.54, 1.807) is 0 Å². The molecule has 0 aromatic heterocycles. The summed E-state index contributed by atoms with van der Waals surface area (Å²) >= 11 is 0. The zero-order chi connectivity index (χ0) is 34.1. The minimum absolute atomic E-state index is 0.0674. The second kappa shape index (κ2) is 33.3. The normalized spacial score (nSPS) is 12.1. The molecule has 0 rings (SSSR count). The highest BCUT2D eigenvalue weighted by Gasteiger charge is 2.19. The maximum absolute atomic E-state index is 12.5. The molecule has 0 saturated heterocycles. The Hall–Kier alpha value is -1.59. The zero-order valence-corrected chi connectivity index (χ0v) is 31.2. The molecular weight excluding hydrogens is 576 g/mol. The molecular formula is C40H76O6.